The van der Waals surface area contributed by atoms with E-state index in [0.29, 0.717) is 36.2 Å². The van der Waals surface area contributed by atoms with Gasteiger partial charge in [-0.25, -0.2) is 18.5 Å². The van der Waals surface area contributed by atoms with E-state index in [4.69, 9.17) is 10.8 Å². The maximum atomic E-state index is 14.6. The minimum atomic E-state index is -0.720. The molecule has 1 aliphatic heterocycles. The van der Waals surface area contributed by atoms with Crippen LogP contribution in [0.5, 0.6) is 0 Å². The van der Waals surface area contributed by atoms with Crippen molar-refractivity contribution in [2.45, 2.75) is 24.6 Å². The Morgan fingerprint density at radius 2 is 1.90 bits per heavy atom. The molecule has 4 rings (SSSR count). The SMILES string of the molecule is Cc1nc(N2N=C(c3cc(F)ccc3F)SC2(CCCN)c2ccccc2)n(C)n1. The first-order valence-electron chi connectivity index (χ1n) is 9.61. The van der Waals surface area contributed by atoms with E-state index in [0.717, 1.165) is 17.7 Å². The van der Waals surface area contributed by atoms with E-state index in [1.165, 1.54) is 17.8 Å². The summed E-state index contributed by atoms with van der Waals surface area (Å²) in [5.74, 6) is 0.0703. The number of nitrogens with zero attached hydrogens (tertiary/aromatic N) is 5. The molecule has 0 saturated carbocycles. The number of aromatic nitrogens is 3. The highest BCUT2D eigenvalue weighted by Gasteiger charge is 2.48. The van der Waals surface area contributed by atoms with Gasteiger partial charge in [-0.1, -0.05) is 42.1 Å². The lowest BCUT2D eigenvalue weighted by Crippen LogP contribution is -2.39. The fourth-order valence-corrected chi connectivity index (χ4v) is 5.00. The first-order chi connectivity index (χ1) is 14.4. The first kappa shape index (κ1) is 20.5. The summed E-state index contributed by atoms with van der Waals surface area (Å²) >= 11 is 1.38. The number of aryl methyl sites for hydroxylation is 2. The summed E-state index contributed by atoms with van der Waals surface area (Å²) in [5.41, 5.74) is 6.94. The minimum absolute atomic E-state index is 0.120. The molecular formula is C21H22F2N6S. The molecule has 0 spiro atoms. The van der Waals surface area contributed by atoms with E-state index in [-0.39, 0.29) is 5.56 Å². The van der Waals surface area contributed by atoms with Gasteiger partial charge in [-0.2, -0.15) is 15.2 Å². The van der Waals surface area contributed by atoms with Gasteiger partial charge in [0.2, 0.25) is 5.95 Å². The molecule has 0 bridgehead atoms. The first-order valence-corrected chi connectivity index (χ1v) is 10.4. The summed E-state index contributed by atoms with van der Waals surface area (Å²) in [6, 6.07) is 13.2. The average molecular weight is 429 g/mol. The number of thioether (sulfide) groups is 1. The number of benzene rings is 2. The van der Waals surface area contributed by atoms with Crippen LogP contribution >= 0.6 is 11.8 Å². The van der Waals surface area contributed by atoms with Gasteiger partial charge < -0.3 is 5.73 Å². The van der Waals surface area contributed by atoms with Gasteiger partial charge in [-0.15, -0.1) is 0 Å². The molecule has 1 unspecified atom stereocenters. The predicted octanol–water partition coefficient (Wildman–Crippen LogP) is 3.91. The van der Waals surface area contributed by atoms with Crippen LogP contribution in [0.3, 0.4) is 0 Å². The van der Waals surface area contributed by atoms with Crippen LogP contribution in [0.25, 0.3) is 0 Å². The van der Waals surface area contributed by atoms with Crippen LogP contribution in [0.4, 0.5) is 14.7 Å². The topological polar surface area (TPSA) is 72.3 Å². The second-order valence-electron chi connectivity index (χ2n) is 7.07. The minimum Gasteiger partial charge on any atom is -0.330 e. The van der Waals surface area contributed by atoms with Crippen molar-refractivity contribution >= 4 is 22.8 Å². The van der Waals surface area contributed by atoms with E-state index >= 15 is 0 Å². The molecule has 0 amide bonds. The fraction of sp³-hybridized carbons (Fsp3) is 0.286. The Morgan fingerprint density at radius 1 is 1.13 bits per heavy atom. The number of hydrogen-bond acceptors (Lipinski definition) is 6. The molecule has 0 saturated heterocycles. The van der Waals surface area contributed by atoms with Crippen LogP contribution in [0.1, 0.15) is 29.8 Å². The lowest BCUT2D eigenvalue weighted by atomic mass is 10.0. The van der Waals surface area contributed by atoms with Crippen molar-refractivity contribution in [3.63, 3.8) is 0 Å². The zero-order chi connectivity index (χ0) is 21.3. The normalized spacial score (nSPS) is 18.7. The monoisotopic (exact) mass is 428 g/mol. The third kappa shape index (κ3) is 3.59. The van der Waals surface area contributed by atoms with Crippen molar-refractivity contribution in [1.29, 1.82) is 0 Å². The van der Waals surface area contributed by atoms with Crippen molar-refractivity contribution in [3.8, 4) is 0 Å². The van der Waals surface area contributed by atoms with Crippen molar-refractivity contribution in [2.24, 2.45) is 17.9 Å². The molecule has 0 aliphatic carbocycles. The van der Waals surface area contributed by atoms with Gasteiger partial charge in [0.15, 0.2) is 0 Å². The highest BCUT2D eigenvalue weighted by Crippen LogP contribution is 2.51. The lowest BCUT2D eigenvalue weighted by molar-refractivity contribution is 0.509. The van der Waals surface area contributed by atoms with Crippen molar-refractivity contribution < 1.29 is 8.78 Å². The summed E-state index contributed by atoms with van der Waals surface area (Å²) in [4.78, 5) is 3.83. The molecule has 1 atom stereocenters. The second-order valence-corrected chi connectivity index (χ2v) is 8.33. The standard InChI is InChI=1S/C21H22F2N6S/c1-14-25-20(28(2)26-14)29-21(11-6-12-24,15-7-4-3-5-8-15)30-19(27-29)17-13-16(22)9-10-18(17)23/h3-5,7-10,13H,6,11-12,24H2,1-2H3. The van der Waals surface area contributed by atoms with Gasteiger partial charge >= 0.3 is 0 Å². The summed E-state index contributed by atoms with van der Waals surface area (Å²) in [7, 11) is 1.79. The zero-order valence-electron chi connectivity index (χ0n) is 16.7. The van der Waals surface area contributed by atoms with Gasteiger partial charge in [-0.05, 0) is 50.1 Å². The molecule has 2 heterocycles. The van der Waals surface area contributed by atoms with Crippen LogP contribution in [-0.2, 0) is 11.9 Å². The second kappa shape index (κ2) is 8.16. The molecule has 0 radical (unpaired) electrons. The largest absolute Gasteiger partial charge is 0.330 e. The number of anilines is 1. The number of hydrazone groups is 1. The molecule has 30 heavy (non-hydrogen) atoms. The maximum absolute atomic E-state index is 14.6. The van der Waals surface area contributed by atoms with E-state index in [2.05, 4.69) is 10.1 Å². The quantitative estimate of drug-likeness (QED) is 0.645. The Bertz CT molecular complexity index is 1080. The molecule has 9 heteroatoms. The smallest absolute Gasteiger partial charge is 0.246 e. The Hall–Kier alpha value is -2.78. The predicted molar refractivity (Wildman–Crippen MR) is 115 cm³/mol. The molecule has 1 aliphatic rings. The van der Waals surface area contributed by atoms with Crippen LogP contribution in [-0.4, -0.2) is 26.4 Å². The Morgan fingerprint density at radius 3 is 2.57 bits per heavy atom. The van der Waals surface area contributed by atoms with Crippen LogP contribution in [0.2, 0.25) is 0 Å². The molecule has 3 aromatic rings. The van der Waals surface area contributed by atoms with E-state index < -0.39 is 16.5 Å². The lowest BCUT2D eigenvalue weighted by Gasteiger charge is -2.36. The van der Waals surface area contributed by atoms with E-state index in [1.807, 2.05) is 30.3 Å². The number of halogens is 2. The summed E-state index contributed by atoms with van der Waals surface area (Å²) < 4.78 is 30.2. The zero-order valence-corrected chi connectivity index (χ0v) is 17.5. The third-order valence-electron chi connectivity index (χ3n) is 4.94. The summed E-state index contributed by atoms with van der Waals surface area (Å²) in [6.45, 7) is 2.29. The van der Waals surface area contributed by atoms with Crippen LogP contribution in [0, 0.1) is 18.6 Å². The molecule has 6 nitrogen and oxygen atoms in total. The maximum Gasteiger partial charge on any atom is 0.246 e. The Kier molecular flexibility index (Phi) is 5.57. The Balaban J connectivity index is 1.91. The average Bonchev–Trinajstić information content (AvgIpc) is 3.28. The molecular weight excluding hydrogens is 406 g/mol. The molecule has 0 fully saturated rings. The number of hydrogen-bond donors (Lipinski definition) is 1. The van der Waals surface area contributed by atoms with Crippen molar-refractivity contribution in [2.75, 3.05) is 11.6 Å². The van der Waals surface area contributed by atoms with Crippen molar-refractivity contribution in [1.82, 2.24) is 14.8 Å². The number of nitrogens with two attached hydrogens (primary N) is 1. The third-order valence-corrected chi connectivity index (χ3v) is 6.38. The number of rotatable bonds is 6. The highest BCUT2D eigenvalue weighted by molar-refractivity contribution is 8.15. The Labute approximate surface area is 177 Å². The summed E-state index contributed by atoms with van der Waals surface area (Å²) in [5, 5.41) is 11.2. The molecule has 1 aromatic heterocycles. The van der Waals surface area contributed by atoms with Gasteiger partial charge in [0, 0.05) is 12.6 Å². The van der Waals surface area contributed by atoms with Gasteiger partial charge in [0.1, 0.15) is 27.4 Å². The fourth-order valence-electron chi connectivity index (χ4n) is 3.58. The van der Waals surface area contributed by atoms with Gasteiger partial charge in [0.25, 0.3) is 0 Å². The molecule has 2 aromatic carbocycles. The van der Waals surface area contributed by atoms with Crippen LogP contribution < -0.4 is 10.7 Å². The molecule has 2 N–H and O–H groups in total. The molecule has 156 valence electrons. The van der Waals surface area contributed by atoms with Crippen LogP contribution in [0.15, 0.2) is 53.6 Å². The van der Waals surface area contributed by atoms with Gasteiger partial charge in [0.05, 0.1) is 0 Å². The highest BCUT2D eigenvalue weighted by atomic mass is 32.2. The van der Waals surface area contributed by atoms with E-state index in [9.17, 15) is 8.78 Å². The van der Waals surface area contributed by atoms with Crippen molar-refractivity contribution in [3.05, 3.63) is 77.1 Å². The summed E-state index contributed by atoms with van der Waals surface area (Å²) in [6.07, 6.45) is 1.34. The van der Waals surface area contributed by atoms with E-state index in [1.54, 1.807) is 23.7 Å². The van der Waals surface area contributed by atoms with Gasteiger partial charge in [-0.3, -0.25) is 0 Å².